The molecule has 0 saturated carbocycles. The van der Waals surface area contributed by atoms with Crippen molar-refractivity contribution in [1.82, 2.24) is 75.2 Å². The molecule has 0 atom stereocenters. The molecule has 0 saturated heterocycles. The van der Waals surface area contributed by atoms with Crippen LogP contribution in [0.5, 0.6) is 0 Å². The Balaban J connectivity index is 0.000000171. The Morgan fingerprint density at radius 3 is 1.12 bits per heavy atom. The molecule has 638 valence electrons. The van der Waals surface area contributed by atoms with Crippen molar-refractivity contribution in [2.75, 3.05) is 64.7 Å². The highest BCUT2D eigenvalue weighted by molar-refractivity contribution is 7.91. The van der Waals surface area contributed by atoms with E-state index in [1.807, 2.05) is 192 Å². The summed E-state index contributed by atoms with van der Waals surface area (Å²) in [6.07, 6.45) is 14.2. The predicted molar refractivity (Wildman–Crippen MR) is 489 cm³/mol. The van der Waals surface area contributed by atoms with Gasteiger partial charge in [0, 0.05) is 131 Å². The van der Waals surface area contributed by atoms with Crippen LogP contribution in [0.15, 0.2) is 150 Å². The zero-order chi connectivity index (χ0) is 88.3. The van der Waals surface area contributed by atoms with Gasteiger partial charge in [0.25, 0.3) is 0 Å². The zero-order valence-electron chi connectivity index (χ0n) is 73.9. The molecule has 0 fully saturated rings. The third-order valence-corrected chi connectivity index (χ3v) is 21.5. The average Bonchev–Trinajstić information content (AvgIpc) is 1.02. The van der Waals surface area contributed by atoms with Gasteiger partial charge in [0.2, 0.25) is 29.7 Å². The van der Waals surface area contributed by atoms with Crippen LogP contribution < -0.4 is 53.2 Å². The SMILES string of the molecule is CCS(=O)(=O)c1cc(Nc2nc(NC(C)(C)C)ncc2C)ccc1C.Cc1ccc(Nc2nc(NC(C)(C)C)ncc2C)cc1S(=O)(=O)CC(C)(C)C.Cc1cnc(NC(C)(C)C)nc1Nc1ccc(F)c2[nH]ncc12.Cc1cnc(NC(C)(C)C)nc1Nc1ccc2[nH]ccc2c1.Cc1cnc(NC(C)(C)C)nc1Nc1cccc2[nH]ncc12. The van der Waals surface area contributed by atoms with Crippen molar-refractivity contribution in [3.63, 3.8) is 0 Å². The van der Waals surface area contributed by atoms with E-state index in [1.54, 1.807) is 62.9 Å². The maximum absolute atomic E-state index is 13.7. The van der Waals surface area contributed by atoms with E-state index < -0.39 is 19.7 Å². The topological polar surface area (TPSA) is 391 Å². The lowest BCUT2D eigenvalue weighted by Crippen LogP contribution is -2.27. The molecule has 0 aliphatic heterocycles. The van der Waals surface area contributed by atoms with Crippen LogP contribution in [0.2, 0.25) is 0 Å². The Kier molecular flexibility index (Phi) is 28.6. The standard InChI is InChI=1S/C21H32N4O2S.C18H26N4O2S.C17H21N5.C16H19FN6.C16H20N6/c1-14-9-10-16(11-17(14)28(26,27)13-20(3,4)5)23-18-15(2)12-22-19(24-18)25-21(6,7)8;1-7-25(23,24)15-10-14(9-8-12(15)2)20-16-13(3)11-19-17(21-16)22-18(4,5)6;1-11-10-19-16(22-17(2,3)4)21-15(11)20-13-5-6-14-12(9-13)7-8-18-14;1-9-7-18-15(22-16(2,3)4)21-14(9)20-12-6-5-11(17)13-10(12)8-19-23-13;1-10-8-17-15(21-16(2,3)4)20-14(10)19-12-6-5-7-13-11(12)9-18-22-13/h9-12H,13H2,1-8H3,(H2,22,23,24,25);8-11H,7H2,1-6H3,(H2,19,20,21,22);5-10,18H,1-4H3,(H2,19,20,21,22);5-8H,1-4H3,(H,19,23)(H2,18,20,21,22);5-9H,1-4H3,(H,18,22)(H2,17,19,20,21). The normalized spacial score (nSPS) is 12.0. The summed E-state index contributed by atoms with van der Waals surface area (Å²) in [4.78, 5) is 48.2. The Hall–Kier alpha value is -12.2. The maximum Gasteiger partial charge on any atom is 0.225 e. The van der Waals surface area contributed by atoms with Crippen molar-refractivity contribution in [3.05, 3.63) is 185 Å². The van der Waals surface area contributed by atoms with Crippen LogP contribution in [0.4, 0.5) is 91.7 Å². The molecule has 13 N–H and O–H groups in total. The monoisotopic (exact) mass is 1670 g/mol. The van der Waals surface area contributed by atoms with Gasteiger partial charge in [-0.1, -0.05) is 45.9 Å². The fourth-order valence-corrected chi connectivity index (χ4v) is 15.0. The molecule has 0 radical (unpaired) electrons. The number of aromatic nitrogens is 15. The van der Waals surface area contributed by atoms with Gasteiger partial charge in [0.15, 0.2) is 19.7 Å². The molecular formula is C88H118FN25O4S2. The second-order valence-electron chi connectivity index (χ2n) is 36.0. The fourth-order valence-electron chi connectivity index (χ4n) is 11.6. The van der Waals surface area contributed by atoms with Gasteiger partial charge in [-0.2, -0.15) is 35.1 Å². The Labute approximate surface area is 705 Å². The first kappa shape index (κ1) is 91.7. The lowest BCUT2D eigenvalue weighted by atomic mass is 10.0. The van der Waals surface area contributed by atoms with E-state index in [-0.39, 0.29) is 50.4 Å². The van der Waals surface area contributed by atoms with Gasteiger partial charge in [-0.05, 0) is 242 Å². The number of nitrogens with one attached hydrogen (secondary N) is 13. The first-order chi connectivity index (χ1) is 55.8. The average molecular weight is 1670 g/mol. The fraction of sp³-hybridized carbons (Fsp3) is 0.386. The number of nitrogens with zero attached hydrogens (tertiary/aromatic N) is 12. The minimum atomic E-state index is -3.39. The van der Waals surface area contributed by atoms with Crippen LogP contribution in [-0.4, -0.2) is 131 Å². The molecule has 0 unspecified atom stereocenters. The highest BCUT2D eigenvalue weighted by Gasteiger charge is 2.27. The highest BCUT2D eigenvalue weighted by Crippen LogP contribution is 2.34. The lowest BCUT2D eigenvalue weighted by molar-refractivity contribution is 0.461. The number of aryl methyl sites for hydroxylation is 7. The summed E-state index contributed by atoms with van der Waals surface area (Å²) in [5, 5.41) is 49.2. The molecule has 29 nitrogen and oxygen atoms in total. The molecule has 0 aliphatic carbocycles. The maximum atomic E-state index is 13.7. The number of hydrogen-bond acceptors (Lipinski definition) is 26. The molecule has 0 spiro atoms. The van der Waals surface area contributed by atoms with Crippen LogP contribution in [0.25, 0.3) is 32.7 Å². The van der Waals surface area contributed by atoms with E-state index in [0.29, 0.717) is 79.3 Å². The van der Waals surface area contributed by atoms with E-state index in [0.717, 1.165) is 84.1 Å². The van der Waals surface area contributed by atoms with E-state index in [2.05, 4.69) is 188 Å². The molecule has 13 aromatic rings. The summed E-state index contributed by atoms with van der Waals surface area (Å²) in [6, 6.07) is 28.0. The molecule has 120 heavy (non-hydrogen) atoms. The van der Waals surface area contributed by atoms with Crippen molar-refractivity contribution < 1.29 is 21.2 Å². The number of benzene rings is 5. The zero-order valence-corrected chi connectivity index (χ0v) is 75.5. The Morgan fingerprint density at radius 2 is 0.725 bits per heavy atom. The Morgan fingerprint density at radius 1 is 0.367 bits per heavy atom. The van der Waals surface area contributed by atoms with Crippen molar-refractivity contribution in [3.8, 4) is 0 Å². The van der Waals surface area contributed by atoms with E-state index in [9.17, 15) is 21.2 Å². The summed E-state index contributed by atoms with van der Waals surface area (Å²) in [7, 11) is -6.66. The van der Waals surface area contributed by atoms with Gasteiger partial charge in [-0.15, -0.1) is 0 Å². The molecule has 0 aliphatic rings. The van der Waals surface area contributed by atoms with E-state index in [1.165, 1.54) is 11.5 Å². The van der Waals surface area contributed by atoms with Crippen LogP contribution in [-0.2, 0) is 19.7 Å². The van der Waals surface area contributed by atoms with Gasteiger partial charge < -0.3 is 58.2 Å². The quantitative estimate of drug-likeness (QED) is 0.0357. The van der Waals surface area contributed by atoms with Crippen molar-refractivity contribution >= 4 is 140 Å². The number of anilines is 15. The number of aromatic amines is 3. The summed E-state index contributed by atoms with van der Waals surface area (Å²) in [5.41, 5.74) is 11.7. The van der Waals surface area contributed by atoms with Crippen LogP contribution in [0.3, 0.4) is 0 Å². The summed E-state index contributed by atoms with van der Waals surface area (Å²) in [5.74, 6) is 6.21. The minimum absolute atomic E-state index is 0.0729. The van der Waals surface area contributed by atoms with E-state index in [4.69, 9.17) is 0 Å². The molecule has 0 bridgehead atoms. The molecule has 5 aromatic carbocycles. The first-order valence-electron chi connectivity index (χ1n) is 39.6. The molecule has 32 heteroatoms. The Bertz CT molecular complexity index is 5960. The number of H-pyrrole nitrogens is 3. The van der Waals surface area contributed by atoms with Crippen LogP contribution >= 0.6 is 0 Å². The number of rotatable bonds is 19. The van der Waals surface area contributed by atoms with Crippen molar-refractivity contribution in [2.24, 2.45) is 5.41 Å². The second kappa shape index (κ2) is 37.4. The van der Waals surface area contributed by atoms with Gasteiger partial charge in [0.1, 0.15) is 40.4 Å². The second-order valence-corrected chi connectivity index (χ2v) is 40.2. The lowest BCUT2D eigenvalue weighted by Gasteiger charge is -2.21. The van der Waals surface area contributed by atoms with Gasteiger partial charge >= 0.3 is 0 Å². The van der Waals surface area contributed by atoms with Gasteiger partial charge in [0.05, 0.1) is 50.6 Å². The van der Waals surface area contributed by atoms with Crippen molar-refractivity contribution in [1.29, 1.82) is 0 Å². The number of halogens is 1. The smallest absolute Gasteiger partial charge is 0.225 e. The van der Waals surface area contributed by atoms with Gasteiger partial charge in [-0.3, -0.25) is 10.2 Å². The molecule has 8 aromatic heterocycles. The molecule has 0 amide bonds. The highest BCUT2D eigenvalue weighted by atomic mass is 32.2. The third-order valence-electron chi connectivity index (χ3n) is 17.2. The number of sulfone groups is 2. The molecule has 8 heterocycles. The summed E-state index contributed by atoms with van der Waals surface area (Å²) < 4.78 is 64.0. The third kappa shape index (κ3) is 27.2. The molecular weight excluding hydrogens is 1550 g/mol. The van der Waals surface area contributed by atoms with Gasteiger partial charge in [-0.25, -0.2) is 46.1 Å². The van der Waals surface area contributed by atoms with Crippen LogP contribution in [0, 0.1) is 59.7 Å². The summed E-state index contributed by atoms with van der Waals surface area (Å²) >= 11 is 0. The van der Waals surface area contributed by atoms with Crippen LogP contribution in [0.1, 0.15) is 170 Å². The van der Waals surface area contributed by atoms with Crippen molar-refractivity contribution in [2.45, 2.75) is 218 Å². The molecule has 13 rings (SSSR count). The number of hydrogen-bond donors (Lipinski definition) is 13. The number of fused-ring (bicyclic) bond motifs is 3. The predicted octanol–water partition coefficient (Wildman–Crippen LogP) is 20.3. The minimum Gasteiger partial charge on any atom is -0.361 e. The van der Waals surface area contributed by atoms with E-state index >= 15 is 0 Å². The first-order valence-corrected chi connectivity index (χ1v) is 42.9. The summed E-state index contributed by atoms with van der Waals surface area (Å²) in [6.45, 7) is 51.6. The largest absolute Gasteiger partial charge is 0.361 e.